The van der Waals surface area contributed by atoms with Crippen molar-refractivity contribution in [2.24, 2.45) is 0 Å². The third-order valence-electron chi connectivity index (χ3n) is 4.09. The Morgan fingerprint density at radius 2 is 1.90 bits per heavy atom. The summed E-state index contributed by atoms with van der Waals surface area (Å²) in [7, 11) is -3.77. The van der Waals surface area contributed by atoms with Crippen molar-refractivity contribution >= 4 is 50.6 Å². The number of halogens is 1. The van der Waals surface area contributed by atoms with Crippen molar-refractivity contribution in [3.05, 3.63) is 59.6 Å². The Balaban J connectivity index is 1.47. The van der Waals surface area contributed by atoms with Gasteiger partial charge in [-0.3, -0.25) is 4.68 Å². The van der Waals surface area contributed by atoms with E-state index in [-0.39, 0.29) is 10.8 Å². The van der Waals surface area contributed by atoms with Crippen LogP contribution in [-0.4, -0.2) is 39.8 Å². The number of anilines is 2. The summed E-state index contributed by atoms with van der Waals surface area (Å²) in [5, 5.41) is 11.4. The Bertz CT molecular complexity index is 1100. The van der Waals surface area contributed by atoms with Crippen LogP contribution in [0.3, 0.4) is 0 Å². The van der Waals surface area contributed by atoms with E-state index in [1.807, 2.05) is 11.6 Å². The second-order valence-electron chi connectivity index (χ2n) is 6.24. The van der Waals surface area contributed by atoms with Gasteiger partial charge in [-0.25, -0.2) is 23.1 Å². The molecule has 0 saturated heterocycles. The highest BCUT2D eigenvalue weighted by Gasteiger charge is 2.15. The molecular weight excluding hydrogens is 446 g/mol. The minimum absolute atomic E-state index is 0.0117. The molecule has 30 heavy (non-hydrogen) atoms. The number of thiocarbonyl (C=S) groups is 1. The van der Waals surface area contributed by atoms with Gasteiger partial charge in [0.05, 0.1) is 21.8 Å². The standard InChI is InChI=1S/C18H20ClN7O2S2/c1-13-16(19)12-23-26(13)11-3-10-22-18(29)24-14-4-6-15(7-5-14)30(27,28)25-17-20-8-2-9-21-17/h2,4-9,12H,3,10-11H2,1H3,(H,20,21,25)(H2,22,24,29). The Labute approximate surface area is 184 Å². The molecular formula is C18H20ClN7O2S2. The van der Waals surface area contributed by atoms with Crippen molar-refractivity contribution in [2.75, 3.05) is 16.6 Å². The molecule has 12 heteroatoms. The molecule has 0 saturated carbocycles. The average Bonchev–Trinajstić information content (AvgIpc) is 3.04. The Hall–Kier alpha value is -2.76. The van der Waals surface area contributed by atoms with E-state index in [0.29, 0.717) is 22.4 Å². The lowest BCUT2D eigenvalue weighted by Gasteiger charge is -2.12. The van der Waals surface area contributed by atoms with Crippen LogP contribution < -0.4 is 15.4 Å². The first-order chi connectivity index (χ1) is 14.3. The quantitative estimate of drug-likeness (QED) is 0.343. The lowest BCUT2D eigenvalue weighted by Crippen LogP contribution is -2.29. The van der Waals surface area contributed by atoms with Crippen molar-refractivity contribution in [3.8, 4) is 0 Å². The lowest BCUT2D eigenvalue weighted by molar-refractivity contribution is 0.561. The number of rotatable bonds is 8. The summed E-state index contributed by atoms with van der Waals surface area (Å²) in [5.41, 5.74) is 1.60. The molecule has 0 radical (unpaired) electrons. The first kappa shape index (κ1) is 21.9. The van der Waals surface area contributed by atoms with Gasteiger partial charge in [-0.2, -0.15) is 5.10 Å². The second-order valence-corrected chi connectivity index (χ2v) is 8.74. The van der Waals surface area contributed by atoms with Crippen LogP contribution in [0.1, 0.15) is 12.1 Å². The maximum Gasteiger partial charge on any atom is 0.264 e. The zero-order chi connectivity index (χ0) is 21.6. The lowest BCUT2D eigenvalue weighted by atomic mass is 10.3. The Morgan fingerprint density at radius 1 is 1.20 bits per heavy atom. The van der Waals surface area contributed by atoms with Crippen molar-refractivity contribution < 1.29 is 8.42 Å². The largest absolute Gasteiger partial charge is 0.362 e. The maximum atomic E-state index is 12.4. The van der Waals surface area contributed by atoms with Crippen LogP contribution in [0, 0.1) is 6.92 Å². The normalized spacial score (nSPS) is 11.1. The van der Waals surface area contributed by atoms with E-state index >= 15 is 0 Å². The number of sulfonamides is 1. The van der Waals surface area contributed by atoms with Crippen LogP contribution in [0.2, 0.25) is 5.02 Å². The van der Waals surface area contributed by atoms with Gasteiger partial charge in [-0.05, 0) is 55.9 Å². The zero-order valence-electron chi connectivity index (χ0n) is 16.0. The summed E-state index contributed by atoms with van der Waals surface area (Å²) >= 11 is 11.3. The first-order valence-electron chi connectivity index (χ1n) is 8.98. The molecule has 2 heterocycles. The number of benzene rings is 1. The van der Waals surface area contributed by atoms with E-state index < -0.39 is 10.0 Å². The highest BCUT2D eigenvalue weighted by molar-refractivity contribution is 7.92. The van der Waals surface area contributed by atoms with E-state index in [0.717, 1.165) is 18.7 Å². The first-order valence-corrected chi connectivity index (χ1v) is 11.2. The third kappa shape index (κ3) is 5.88. The molecule has 0 aliphatic heterocycles. The van der Waals surface area contributed by atoms with E-state index in [1.165, 1.54) is 24.5 Å². The highest BCUT2D eigenvalue weighted by atomic mass is 35.5. The minimum atomic E-state index is -3.77. The monoisotopic (exact) mass is 465 g/mol. The fourth-order valence-electron chi connectivity index (χ4n) is 2.50. The van der Waals surface area contributed by atoms with Crippen molar-refractivity contribution in [1.29, 1.82) is 0 Å². The Kier molecular flexibility index (Phi) is 7.19. The summed E-state index contributed by atoms with van der Waals surface area (Å²) in [4.78, 5) is 7.80. The molecule has 0 bridgehead atoms. The van der Waals surface area contributed by atoms with Crippen LogP contribution in [0.15, 0.2) is 53.8 Å². The number of nitrogens with zero attached hydrogens (tertiary/aromatic N) is 4. The van der Waals surface area contributed by atoms with Gasteiger partial charge in [0.25, 0.3) is 10.0 Å². The number of aromatic nitrogens is 4. The second kappa shape index (κ2) is 9.83. The molecule has 0 unspecified atom stereocenters. The molecule has 0 aliphatic carbocycles. The molecule has 3 rings (SSSR count). The van der Waals surface area contributed by atoms with E-state index in [9.17, 15) is 8.42 Å². The van der Waals surface area contributed by atoms with Gasteiger partial charge in [0.1, 0.15) is 0 Å². The maximum absolute atomic E-state index is 12.4. The van der Waals surface area contributed by atoms with Crippen LogP contribution in [0.5, 0.6) is 0 Å². The molecule has 158 valence electrons. The van der Waals surface area contributed by atoms with Gasteiger partial charge in [-0.15, -0.1) is 0 Å². The zero-order valence-corrected chi connectivity index (χ0v) is 18.4. The Morgan fingerprint density at radius 3 is 2.53 bits per heavy atom. The van der Waals surface area contributed by atoms with Gasteiger partial charge in [0, 0.05) is 31.2 Å². The van der Waals surface area contributed by atoms with E-state index in [4.69, 9.17) is 23.8 Å². The summed E-state index contributed by atoms with van der Waals surface area (Å²) in [5.74, 6) is 0.0117. The SMILES string of the molecule is Cc1c(Cl)cnn1CCCNC(=S)Nc1ccc(S(=O)(=O)Nc2ncccn2)cc1. The molecule has 9 nitrogen and oxygen atoms in total. The topological polar surface area (TPSA) is 114 Å². The van der Waals surface area contributed by atoms with E-state index in [1.54, 1.807) is 24.4 Å². The molecule has 3 aromatic rings. The van der Waals surface area contributed by atoms with Crippen LogP contribution >= 0.6 is 23.8 Å². The number of aryl methyl sites for hydroxylation is 1. The van der Waals surface area contributed by atoms with Crippen LogP contribution in [0.4, 0.5) is 11.6 Å². The fourth-order valence-corrected chi connectivity index (χ4v) is 3.82. The molecule has 2 aromatic heterocycles. The predicted octanol–water partition coefficient (Wildman–Crippen LogP) is 2.81. The van der Waals surface area contributed by atoms with E-state index in [2.05, 4.69) is 30.4 Å². The average molecular weight is 466 g/mol. The molecule has 0 aliphatic rings. The van der Waals surface area contributed by atoms with Crippen LogP contribution in [-0.2, 0) is 16.6 Å². The number of hydrogen-bond donors (Lipinski definition) is 3. The summed E-state index contributed by atoms with van der Waals surface area (Å²) in [6.07, 6.45) is 5.35. The minimum Gasteiger partial charge on any atom is -0.362 e. The fraction of sp³-hybridized carbons (Fsp3) is 0.222. The molecule has 0 fully saturated rings. The number of nitrogens with one attached hydrogen (secondary N) is 3. The van der Waals surface area contributed by atoms with Gasteiger partial charge in [0.15, 0.2) is 5.11 Å². The van der Waals surface area contributed by atoms with Crippen LogP contribution in [0.25, 0.3) is 0 Å². The van der Waals surface area contributed by atoms with Gasteiger partial charge < -0.3 is 10.6 Å². The van der Waals surface area contributed by atoms with Gasteiger partial charge in [-0.1, -0.05) is 11.6 Å². The van der Waals surface area contributed by atoms with Crippen molar-refractivity contribution in [2.45, 2.75) is 24.8 Å². The molecule has 3 N–H and O–H groups in total. The molecule has 0 spiro atoms. The van der Waals surface area contributed by atoms with Gasteiger partial charge in [0.2, 0.25) is 5.95 Å². The highest BCUT2D eigenvalue weighted by Crippen LogP contribution is 2.16. The summed E-state index contributed by atoms with van der Waals surface area (Å²) in [6.45, 7) is 3.29. The summed E-state index contributed by atoms with van der Waals surface area (Å²) < 4.78 is 28.9. The third-order valence-corrected chi connectivity index (χ3v) is 6.05. The van der Waals surface area contributed by atoms with Crippen molar-refractivity contribution in [3.63, 3.8) is 0 Å². The molecule has 0 amide bonds. The summed E-state index contributed by atoms with van der Waals surface area (Å²) in [6, 6.07) is 7.80. The van der Waals surface area contributed by atoms with Gasteiger partial charge >= 0.3 is 0 Å². The number of hydrogen-bond acceptors (Lipinski definition) is 6. The molecule has 0 atom stereocenters. The predicted molar refractivity (Wildman–Crippen MR) is 120 cm³/mol. The van der Waals surface area contributed by atoms with Crippen molar-refractivity contribution in [1.82, 2.24) is 25.1 Å². The smallest absolute Gasteiger partial charge is 0.264 e. The molecule has 1 aromatic carbocycles.